The highest BCUT2D eigenvalue weighted by atomic mass is 16.5. The number of para-hydroxylation sites is 2. The number of amides is 1. The summed E-state index contributed by atoms with van der Waals surface area (Å²) in [4.78, 5) is 23.9. The van der Waals surface area contributed by atoms with Crippen LogP contribution in [-0.2, 0) is 19.4 Å². The molecule has 0 saturated heterocycles. The predicted octanol–water partition coefficient (Wildman–Crippen LogP) is 5.28. The molecule has 190 valence electrons. The first kappa shape index (κ1) is 24.7. The van der Waals surface area contributed by atoms with E-state index in [-0.39, 0.29) is 5.91 Å². The second-order valence-electron chi connectivity index (χ2n) is 9.35. The van der Waals surface area contributed by atoms with Gasteiger partial charge < -0.3 is 14.8 Å². The summed E-state index contributed by atoms with van der Waals surface area (Å²) >= 11 is 0. The highest BCUT2D eigenvalue weighted by Crippen LogP contribution is 2.33. The summed E-state index contributed by atoms with van der Waals surface area (Å²) in [5.74, 6) is 1.35. The molecule has 0 saturated carbocycles. The van der Waals surface area contributed by atoms with Crippen molar-refractivity contribution in [2.75, 3.05) is 32.6 Å². The maximum atomic E-state index is 12.6. The molecule has 1 aliphatic heterocycles. The van der Waals surface area contributed by atoms with Crippen molar-refractivity contribution < 1.29 is 14.3 Å². The van der Waals surface area contributed by atoms with E-state index in [1.54, 1.807) is 14.2 Å². The van der Waals surface area contributed by atoms with Crippen LogP contribution in [0.15, 0.2) is 66.9 Å². The molecular formula is C30H32N4O3. The highest BCUT2D eigenvalue weighted by molar-refractivity contribution is 6.03. The van der Waals surface area contributed by atoms with Gasteiger partial charge in [0.05, 0.1) is 31.4 Å². The van der Waals surface area contributed by atoms with Gasteiger partial charge in [0, 0.05) is 18.8 Å². The first-order valence-electron chi connectivity index (χ1n) is 12.7. The number of nitrogens with zero attached hydrogens (tertiary/aromatic N) is 3. The van der Waals surface area contributed by atoms with Crippen molar-refractivity contribution in [2.24, 2.45) is 0 Å². The number of fused-ring (bicyclic) bond motifs is 2. The lowest BCUT2D eigenvalue weighted by Gasteiger charge is -2.29. The van der Waals surface area contributed by atoms with Gasteiger partial charge in [-0.05, 0) is 85.3 Å². The minimum atomic E-state index is -0.259. The van der Waals surface area contributed by atoms with Gasteiger partial charge in [-0.2, -0.15) is 0 Å². The molecule has 0 bridgehead atoms. The Morgan fingerprint density at radius 3 is 2.43 bits per heavy atom. The number of carbonyl (C=O) groups excluding carboxylic acids is 1. The monoisotopic (exact) mass is 496 g/mol. The molecule has 2 heterocycles. The van der Waals surface area contributed by atoms with Crippen LogP contribution in [0.3, 0.4) is 0 Å². The Kier molecular flexibility index (Phi) is 7.61. The molecule has 0 atom stereocenters. The molecule has 1 amide bonds. The smallest absolute Gasteiger partial charge is 0.275 e. The summed E-state index contributed by atoms with van der Waals surface area (Å²) in [6.45, 7) is 3.10. The van der Waals surface area contributed by atoms with Gasteiger partial charge in [0.15, 0.2) is 11.5 Å². The number of rotatable bonds is 9. The molecule has 4 aromatic rings. The quantitative estimate of drug-likeness (QED) is 0.318. The molecule has 1 N–H and O–H groups in total. The third-order valence-electron chi connectivity index (χ3n) is 6.88. The maximum absolute atomic E-state index is 12.6. The average molecular weight is 497 g/mol. The van der Waals surface area contributed by atoms with Gasteiger partial charge >= 0.3 is 0 Å². The average Bonchev–Trinajstić information content (AvgIpc) is 2.95. The first-order chi connectivity index (χ1) is 18.1. The van der Waals surface area contributed by atoms with E-state index in [9.17, 15) is 4.79 Å². The van der Waals surface area contributed by atoms with Crippen LogP contribution in [0.25, 0.3) is 11.0 Å². The third-order valence-corrected chi connectivity index (χ3v) is 6.88. The highest BCUT2D eigenvalue weighted by Gasteiger charge is 2.19. The summed E-state index contributed by atoms with van der Waals surface area (Å²) in [5, 5.41) is 2.92. The number of ether oxygens (including phenoxy) is 2. The fraction of sp³-hybridized carbons (Fsp3) is 0.300. The van der Waals surface area contributed by atoms with Crippen molar-refractivity contribution in [3.05, 3.63) is 89.2 Å². The number of hydrogen-bond donors (Lipinski definition) is 1. The molecule has 3 aromatic carbocycles. The Labute approximate surface area is 217 Å². The summed E-state index contributed by atoms with van der Waals surface area (Å²) in [6, 6.07) is 19.8. The third kappa shape index (κ3) is 5.89. The van der Waals surface area contributed by atoms with Gasteiger partial charge in [-0.3, -0.25) is 14.7 Å². The van der Waals surface area contributed by atoms with Crippen LogP contribution >= 0.6 is 0 Å². The molecule has 0 unspecified atom stereocenters. The number of aromatic nitrogens is 2. The van der Waals surface area contributed by atoms with Gasteiger partial charge in [-0.1, -0.05) is 24.3 Å². The SMILES string of the molecule is COc1cc2c(cc1OC)CN(CCCCc1ccc(NC(=O)c3cnc4ccccc4n3)cc1)CC2. The lowest BCUT2D eigenvalue weighted by atomic mass is 9.98. The number of carbonyl (C=O) groups is 1. The summed E-state index contributed by atoms with van der Waals surface area (Å²) in [5.41, 5.74) is 6.49. The molecule has 0 fully saturated rings. The van der Waals surface area contributed by atoms with Gasteiger partial charge in [0.2, 0.25) is 0 Å². The molecule has 7 nitrogen and oxygen atoms in total. The topological polar surface area (TPSA) is 76.6 Å². The van der Waals surface area contributed by atoms with Gasteiger partial charge in [0.1, 0.15) is 5.69 Å². The number of methoxy groups -OCH3 is 2. The van der Waals surface area contributed by atoms with Gasteiger partial charge in [-0.15, -0.1) is 0 Å². The Morgan fingerprint density at radius 1 is 0.946 bits per heavy atom. The van der Waals surface area contributed by atoms with Gasteiger partial charge in [-0.25, -0.2) is 4.98 Å². The van der Waals surface area contributed by atoms with E-state index >= 15 is 0 Å². The molecule has 37 heavy (non-hydrogen) atoms. The molecule has 5 rings (SSSR count). The van der Waals surface area contributed by atoms with Crippen molar-refractivity contribution in [1.82, 2.24) is 14.9 Å². The lowest BCUT2D eigenvalue weighted by Crippen LogP contribution is -2.31. The number of hydrogen-bond acceptors (Lipinski definition) is 6. The molecular weight excluding hydrogens is 464 g/mol. The number of aryl methyl sites for hydroxylation is 1. The maximum Gasteiger partial charge on any atom is 0.275 e. The van der Waals surface area contributed by atoms with Crippen LogP contribution in [0.4, 0.5) is 5.69 Å². The normalized spacial score (nSPS) is 13.2. The zero-order valence-corrected chi connectivity index (χ0v) is 21.4. The van der Waals surface area contributed by atoms with Crippen molar-refractivity contribution in [1.29, 1.82) is 0 Å². The minimum Gasteiger partial charge on any atom is -0.493 e. The van der Waals surface area contributed by atoms with E-state index in [4.69, 9.17) is 9.47 Å². The van der Waals surface area contributed by atoms with Crippen molar-refractivity contribution in [2.45, 2.75) is 32.2 Å². The number of unbranched alkanes of at least 4 members (excludes halogenated alkanes) is 1. The largest absolute Gasteiger partial charge is 0.493 e. The van der Waals surface area contributed by atoms with Gasteiger partial charge in [0.25, 0.3) is 5.91 Å². The summed E-state index contributed by atoms with van der Waals surface area (Å²) in [7, 11) is 3.37. The molecule has 1 aromatic heterocycles. The number of nitrogens with one attached hydrogen (secondary N) is 1. The summed E-state index contributed by atoms with van der Waals surface area (Å²) in [6.07, 6.45) is 5.82. The molecule has 0 spiro atoms. The molecule has 0 aliphatic carbocycles. The zero-order valence-electron chi connectivity index (χ0n) is 21.4. The van der Waals surface area contributed by atoms with Crippen LogP contribution in [0.1, 0.15) is 40.0 Å². The fourth-order valence-corrected chi connectivity index (χ4v) is 4.81. The number of benzene rings is 3. The predicted molar refractivity (Wildman–Crippen MR) is 145 cm³/mol. The standard InChI is InChI=1S/C30H32N4O3/c1-36-28-17-22-14-16-34(20-23(22)18-29(28)37-2)15-6-5-7-21-10-12-24(13-11-21)32-30(35)27-19-31-25-8-3-4-9-26(25)33-27/h3-4,8-13,17-19H,5-7,14-16,20H2,1-2H3,(H,32,35). The van der Waals surface area contributed by atoms with Crippen molar-refractivity contribution >= 4 is 22.6 Å². The van der Waals surface area contributed by atoms with Crippen molar-refractivity contribution in [3.8, 4) is 11.5 Å². The molecule has 0 radical (unpaired) electrons. The Bertz CT molecular complexity index is 1390. The van der Waals surface area contributed by atoms with E-state index in [1.807, 2.05) is 36.4 Å². The molecule has 7 heteroatoms. The van der Waals surface area contributed by atoms with E-state index in [1.165, 1.54) is 22.9 Å². The first-order valence-corrected chi connectivity index (χ1v) is 12.7. The van der Waals surface area contributed by atoms with E-state index in [0.29, 0.717) is 11.2 Å². The molecule has 1 aliphatic rings. The fourth-order valence-electron chi connectivity index (χ4n) is 4.81. The zero-order chi connectivity index (χ0) is 25.6. The second-order valence-corrected chi connectivity index (χ2v) is 9.35. The van der Waals surface area contributed by atoms with Crippen molar-refractivity contribution in [3.63, 3.8) is 0 Å². The van der Waals surface area contributed by atoms with Crippen LogP contribution in [0, 0.1) is 0 Å². The Morgan fingerprint density at radius 2 is 1.68 bits per heavy atom. The second kappa shape index (κ2) is 11.4. The lowest BCUT2D eigenvalue weighted by molar-refractivity contribution is 0.102. The van der Waals surface area contributed by atoms with Crippen LogP contribution in [0.2, 0.25) is 0 Å². The van der Waals surface area contributed by atoms with Crippen LogP contribution in [-0.4, -0.2) is 48.1 Å². The number of anilines is 1. The minimum absolute atomic E-state index is 0.259. The summed E-state index contributed by atoms with van der Waals surface area (Å²) < 4.78 is 10.9. The van der Waals surface area contributed by atoms with E-state index in [2.05, 4.69) is 44.5 Å². The van der Waals surface area contributed by atoms with E-state index < -0.39 is 0 Å². The Hall–Kier alpha value is -3.97. The van der Waals surface area contributed by atoms with Crippen LogP contribution < -0.4 is 14.8 Å². The van der Waals surface area contributed by atoms with Crippen LogP contribution in [0.5, 0.6) is 11.5 Å². The van der Waals surface area contributed by atoms with E-state index in [0.717, 1.165) is 68.0 Å². The Balaban J connectivity index is 1.08.